The van der Waals surface area contributed by atoms with Crippen LogP contribution in [0.25, 0.3) is 33.5 Å². The van der Waals surface area contributed by atoms with Gasteiger partial charge in [0.15, 0.2) is 5.82 Å². The summed E-state index contributed by atoms with van der Waals surface area (Å²) in [6, 6.07) is 12.6. The predicted octanol–water partition coefficient (Wildman–Crippen LogP) is 4.10. The van der Waals surface area contributed by atoms with E-state index in [0.29, 0.717) is 17.1 Å². The lowest BCUT2D eigenvalue weighted by molar-refractivity contribution is 0.612. The average molecular weight is 357 g/mol. The molecule has 6 heteroatoms. The maximum atomic E-state index is 14.2. The van der Waals surface area contributed by atoms with Crippen molar-refractivity contribution in [2.45, 2.75) is 6.42 Å². The van der Waals surface area contributed by atoms with Crippen molar-refractivity contribution in [2.75, 3.05) is 18.0 Å². The smallest absolute Gasteiger partial charge is 0.182 e. The zero-order valence-corrected chi connectivity index (χ0v) is 14.5. The summed E-state index contributed by atoms with van der Waals surface area (Å²) in [5, 5.41) is 0.961. The highest BCUT2D eigenvalue weighted by Gasteiger charge is 2.21. The zero-order valence-electron chi connectivity index (χ0n) is 14.5. The van der Waals surface area contributed by atoms with Crippen molar-refractivity contribution < 1.29 is 4.39 Å². The molecule has 0 unspecified atom stereocenters. The van der Waals surface area contributed by atoms with Crippen LogP contribution in [0.5, 0.6) is 0 Å². The summed E-state index contributed by atoms with van der Waals surface area (Å²) in [4.78, 5) is 20.1. The number of fused-ring (bicyclic) bond motifs is 1. The fourth-order valence-electron chi connectivity index (χ4n) is 3.27. The SMILES string of the molecule is Fc1ccccc1-c1ccc2c(N3CCC3)nc(-c3cnccn3)nc2c1. The second kappa shape index (κ2) is 6.39. The van der Waals surface area contributed by atoms with Gasteiger partial charge in [-0.1, -0.05) is 24.3 Å². The van der Waals surface area contributed by atoms with Crippen molar-refractivity contribution in [1.82, 2.24) is 19.9 Å². The lowest BCUT2D eigenvalue weighted by Crippen LogP contribution is -2.37. The largest absolute Gasteiger partial charge is 0.356 e. The molecule has 0 aliphatic carbocycles. The molecule has 5 nitrogen and oxygen atoms in total. The molecule has 0 atom stereocenters. The molecule has 132 valence electrons. The molecular weight excluding hydrogens is 341 g/mol. The van der Waals surface area contributed by atoms with Crippen LogP contribution in [0, 0.1) is 5.82 Å². The van der Waals surface area contributed by atoms with E-state index in [9.17, 15) is 4.39 Å². The summed E-state index contributed by atoms with van der Waals surface area (Å²) >= 11 is 0. The van der Waals surface area contributed by atoms with Gasteiger partial charge in [0.2, 0.25) is 0 Å². The second-order valence-corrected chi connectivity index (χ2v) is 6.51. The molecule has 27 heavy (non-hydrogen) atoms. The zero-order chi connectivity index (χ0) is 18.2. The maximum absolute atomic E-state index is 14.2. The van der Waals surface area contributed by atoms with Crippen LogP contribution in [-0.2, 0) is 0 Å². The molecule has 0 saturated carbocycles. The molecule has 5 rings (SSSR count). The second-order valence-electron chi connectivity index (χ2n) is 6.51. The Labute approximate surface area is 155 Å². The van der Waals surface area contributed by atoms with Gasteiger partial charge in [-0.3, -0.25) is 4.98 Å². The van der Waals surface area contributed by atoms with Crippen LogP contribution in [-0.4, -0.2) is 33.0 Å². The van der Waals surface area contributed by atoms with Crippen molar-refractivity contribution in [3.05, 3.63) is 66.9 Å². The highest BCUT2D eigenvalue weighted by molar-refractivity contribution is 5.94. The van der Waals surface area contributed by atoms with E-state index < -0.39 is 0 Å². The third-order valence-electron chi connectivity index (χ3n) is 4.81. The van der Waals surface area contributed by atoms with Crippen LogP contribution in [0.2, 0.25) is 0 Å². The topological polar surface area (TPSA) is 54.8 Å². The molecule has 0 N–H and O–H groups in total. The monoisotopic (exact) mass is 357 g/mol. The molecule has 0 bridgehead atoms. The quantitative estimate of drug-likeness (QED) is 0.552. The minimum Gasteiger partial charge on any atom is -0.356 e. The minimum atomic E-state index is -0.247. The number of rotatable bonds is 3. The van der Waals surface area contributed by atoms with Gasteiger partial charge in [-0.25, -0.2) is 19.3 Å². The predicted molar refractivity (Wildman–Crippen MR) is 103 cm³/mol. The lowest BCUT2D eigenvalue weighted by atomic mass is 10.0. The molecule has 1 fully saturated rings. The van der Waals surface area contributed by atoms with Crippen molar-refractivity contribution in [2.24, 2.45) is 0 Å². The number of halogens is 1. The molecule has 3 heterocycles. The van der Waals surface area contributed by atoms with Crippen molar-refractivity contribution in [3.8, 4) is 22.6 Å². The van der Waals surface area contributed by atoms with Crippen molar-refractivity contribution >= 4 is 16.7 Å². The Morgan fingerprint density at radius 3 is 2.59 bits per heavy atom. The number of anilines is 1. The van der Waals surface area contributed by atoms with E-state index in [1.165, 1.54) is 6.07 Å². The van der Waals surface area contributed by atoms with Gasteiger partial charge in [0, 0.05) is 36.4 Å². The minimum absolute atomic E-state index is 0.247. The number of hydrogen-bond acceptors (Lipinski definition) is 5. The van der Waals surface area contributed by atoms with Gasteiger partial charge >= 0.3 is 0 Å². The standard InChI is InChI=1S/C21H16FN5/c22-17-5-2-1-4-15(17)14-6-7-16-18(12-14)25-20(19-13-23-8-9-24-19)26-21(16)27-10-3-11-27/h1-2,4-9,12-13H,3,10-11H2. The van der Waals surface area contributed by atoms with E-state index in [1.54, 1.807) is 30.7 Å². The van der Waals surface area contributed by atoms with Gasteiger partial charge in [-0.2, -0.15) is 0 Å². The molecule has 1 aliphatic heterocycles. The van der Waals surface area contributed by atoms with Gasteiger partial charge in [0.05, 0.1) is 11.7 Å². The molecule has 1 aliphatic rings. The molecule has 2 aromatic carbocycles. The summed E-state index contributed by atoms with van der Waals surface area (Å²) in [5.74, 6) is 1.18. The Morgan fingerprint density at radius 1 is 0.963 bits per heavy atom. The summed E-state index contributed by atoms with van der Waals surface area (Å²) in [6.07, 6.45) is 6.06. The first kappa shape index (κ1) is 15.8. The first-order chi connectivity index (χ1) is 13.3. The van der Waals surface area contributed by atoms with Gasteiger partial charge in [0.1, 0.15) is 17.3 Å². The van der Waals surface area contributed by atoms with Crippen molar-refractivity contribution in [3.63, 3.8) is 0 Å². The number of aromatic nitrogens is 4. The van der Waals surface area contributed by atoms with Gasteiger partial charge in [0.25, 0.3) is 0 Å². The number of hydrogen-bond donors (Lipinski definition) is 0. The normalized spacial score (nSPS) is 13.6. The molecule has 0 radical (unpaired) electrons. The van der Waals surface area contributed by atoms with E-state index in [4.69, 9.17) is 9.97 Å². The molecule has 1 saturated heterocycles. The van der Waals surface area contributed by atoms with Gasteiger partial charge < -0.3 is 4.90 Å². The van der Waals surface area contributed by atoms with E-state index in [1.807, 2.05) is 24.3 Å². The van der Waals surface area contributed by atoms with Crippen LogP contribution in [0.4, 0.5) is 10.2 Å². The Hall–Kier alpha value is -3.41. The Morgan fingerprint density at radius 2 is 1.85 bits per heavy atom. The Kier molecular flexibility index (Phi) is 3.74. The van der Waals surface area contributed by atoms with Crippen LogP contribution < -0.4 is 4.90 Å². The van der Waals surface area contributed by atoms with Crippen LogP contribution >= 0.6 is 0 Å². The van der Waals surface area contributed by atoms with Crippen LogP contribution in [0.3, 0.4) is 0 Å². The summed E-state index contributed by atoms with van der Waals surface area (Å²) < 4.78 is 14.2. The lowest BCUT2D eigenvalue weighted by Gasteiger charge is -2.33. The van der Waals surface area contributed by atoms with Gasteiger partial charge in [-0.15, -0.1) is 0 Å². The van der Waals surface area contributed by atoms with Gasteiger partial charge in [-0.05, 0) is 30.2 Å². The van der Waals surface area contributed by atoms with E-state index >= 15 is 0 Å². The Bertz CT molecular complexity index is 1130. The van der Waals surface area contributed by atoms with E-state index in [0.717, 1.165) is 41.8 Å². The summed E-state index contributed by atoms with van der Waals surface area (Å²) in [7, 11) is 0. The molecule has 0 spiro atoms. The van der Waals surface area contributed by atoms with Crippen LogP contribution in [0.15, 0.2) is 61.1 Å². The summed E-state index contributed by atoms with van der Waals surface area (Å²) in [6.45, 7) is 1.95. The number of nitrogens with zero attached hydrogens (tertiary/aromatic N) is 5. The first-order valence-electron chi connectivity index (χ1n) is 8.88. The molecule has 2 aromatic heterocycles. The molecule has 4 aromatic rings. The van der Waals surface area contributed by atoms with E-state index in [-0.39, 0.29) is 5.82 Å². The highest BCUT2D eigenvalue weighted by atomic mass is 19.1. The first-order valence-corrected chi connectivity index (χ1v) is 8.88. The summed E-state index contributed by atoms with van der Waals surface area (Å²) in [5.41, 5.74) is 2.74. The average Bonchev–Trinajstić information content (AvgIpc) is 2.67. The third-order valence-corrected chi connectivity index (χ3v) is 4.81. The van der Waals surface area contributed by atoms with Crippen molar-refractivity contribution in [1.29, 1.82) is 0 Å². The third kappa shape index (κ3) is 2.79. The molecular formula is C21H16FN5. The maximum Gasteiger partial charge on any atom is 0.182 e. The van der Waals surface area contributed by atoms with Crippen LogP contribution in [0.1, 0.15) is 6.42 Å². The highest BCUT2D eigenvalue weighted by Crippen LogP contribution is 2.32. The van der Waals surface area contributed by atoms with E-state index in [2.05, 4.69) is 14.9 Å². The Balaban J connectivity index is 1.72. The number of benzene rings is 2. The fourth-order valence-corrected chi connectivity index (χ4v) is 3.27. The fraction of sp³-hybridized carbons (Fsp3) is 0.143. The molecule has 0 amide bonds.